The smallest absolute Gasteiger partial charge is 0.341 e. The number of carboxylic acids is 1. The fourth-order valence-electron chi connectivity index (χ4n) is 3.58. The second kappa shape index (κ2) is 9.01. The van der Waals surface area contributed by atoms with Crippen LogP contribution in [0.25, 0.3) is 0 Å². The molecule has 1 atom stereocenters. The van der Waals surface area contributed by atoms with Gasteiger partial charge in [0, 0.05) is 17.3 Å². The van der Waals surface area contributed by atoms with Crippen molar-refractivity contribution in [2.24, 2.45) is 0 Å². The highest BCUT2D eigenvalue weighted by Crippen LogP contribution is 2.42. The van der Waals surface area contributed by atoms with E-state index in [0.717, 1.165) is 29.7 Å². The van der Waals surface area contributed by atoms with E-state index in [1.165, 1.54) is 24.0 Å². The highest BCUT2D eigenvalue weighted by Gasteiger charge is 2.30. The molecule has 1 N–H and O–H groups in total. The first-order valence-corrected chi connectivity index (χ1v) is 10.1. The summed E-state index contributed by atoms with van der Waals surface area (Å²) in [5.41, 5.74) is 2.66. The van der Waals surface area contributed by atoms with E-state index in [4.69, 9.17) is 4.74 Å². The van der Waals surface area contributed by atoms with Crippen LogP contribution < -0.4 is 10.4 Å². The van der Waals surface area contributed by atoms with Crippen LogP contribution in [-0.2, 0) is 27.2 Å². The number of carbonyl (C=O) groups excluding carboxylic acids is 3. The van der Waals surface area contributed by atoms with Crippen LogP contribution in [0.5, 0.6) is 0 Å². The number of ether oxygens (including phenoxy) is 1. The first-order chi connectivity index (χ1) is 13.5. The highest BCUT2D eigenvalue weighted by molar-refractivity contribution is 7.17. The predicted octanol–water partition coefficient (Wildman–Crippen LogP) is 2.67. The van der Waals surface area contributed by atoms with E-state index >= 15 is 0 Å². The van der Waals surface area contributed by atoms with E-state index in [1.54, 1.807) is 0 Å². The van der Waals surface area contributed by atoms with Gasteiger partial charge in [-0.1, -0.05) is 30.3 Å². The minimum Gasteiger partial charge on any atom is -0.550 e. The van der Waals surface area contributed by atoms with Crippen molar-refractivity contribution in [1.82, 2.24) is 0 Å². The summed E-state index contributed by atoms with van der Waals surface area (Å²) in [6.07, 6.45) is 2.57. The summed E-state index contributed by atoms with van der Waals surface area (Å²) in [4.78, 5) is 36.1. The molecule has 1 aliphatic rings. The summed E-state index contributed by atoms with van der Waals surface area (Å²) in [6, 6.07) is 10.3. The average molecular weight is 400 g/mol. The van der Waals surface area contributed by atoms with Crippen LogP contribution in [0.2, 0.25) is 0 Å². The van der Waals surface area contributed by atoms with Gasteiger partial charge in [0.2, 0.25) is 5.91 Å². The van der Waals surface area contributed by atoms with Gasteiger partial charge in [-0.2, -0.15) is 0 Å². The van der Waals surface area contributed by atoms with Crippen molar-refractivity contribution in [2.75, 3.05) is 12.4 Å². The molecule has 2 aromatic rings. The predicted molar refractivity (Wildman–Crippen MR) is 104 cm³/mol. The number of rotatable bonds is 7. The Balaban J connectivity index is 1.80. The van der Waals surface area contributed by atoms with Gasteiger partial charge in [0.05, 0.1) is 12.7 Å². The van der Waals surface area contributed by atoms with Crippen molar-refractivity contribution >= 4 is 34.2 Å². The van der Waals surface area contributed by atoms with Gasteiger partial charge in [0.1, 0.15) is 5.00 Å². The van der Waals surface area contributed by atoms with Crippen molar-refractivity contribution in [3.63, 3.8) is 0 Å². The Labute approximate surface area is 167 Å². The first-order valence-electron chi connectivity index (χ1n) is 9.27. The van der Waals surface area contributed by atoms with Crippen molar-refractivity contribution in [1.29, 1.82) is 0 Å². The maximum absolute atomic E-state index is 12.4. The zero-order chi connectivity index (χ0) is 20.1. The lowest BCUT2D eigenvalue weighted by Gasteiger charge is -2.22. The molecule has 0 aliphatic heterocycles. The van der Waals surface area contributed by atoms with Crippen LogP contribution in [-0.4, -0.2) is 25.0 Å². The van der Waals surface area contributed by atoms with Gasteiger partial charge in [0.15, 0.2) is 0 Å². The molecule has 1 unspecified atom stereocenters. The summed E-state index contributed by atoms with van der Waals surface area (Å²) in [6.45, 7) is 0. The lowest BCUT2D eigenvalue weighted by Crippen LogP contribution is -2.22. The lowest BCUT2D eigenvalue weighted by molar-refractivity contribution is -0.305. The van der Waals surface area contributed by atoms with Gasteiger partial charge in [-0.25, -0.2) is 4.79 Å². The number of fused-ring (bicyclic) bond motifs is 1. The van der Waals surface area contributed by atoms with Crippen molar-refractivity contribution in [3.8, 4) is 0 Å². The fraction of sp³-hybridized carbons (Fsp3) is 0.381. The number of hydrogen-bond donors (Lipinski definition) is 1. The molecule has 0 bridgehead atoms. The third-order valence-electron chi connectivity index (χ3n) is 4.96. The maximum Gasteiger partial charge on any atom is 0.341 e. The van der Waals surface area contributed by atoms with Crippen molar-refractivity contribution < 1.29 is 24.2 Å². The summed E-state index contributed by atoms with van der Waals surface area (Å²) in [5.74, 6) is -1.57. The number of amides is 1. The van der Waals surface area contributed by atoms with E-state index < -0.39 is 11.9 Å². The number of anilines is 1. The number of methoxy groups -OCH3 is 1. The van der Waals surface area contributed by atoms with Crippen LogP contribution in [0.1, 0.15) is 58.0 Å². The minimum atomic E-state index is -1.18. The second-order valence-corrected chi connectivity index (χ2v) is 7.93. The Morgan fingerprint density at radius 3 is 2.64 bits per heavy atom. The number of nitrogens with one attached hydrogen (secondary N) is 1. The van der Waals surface area contributed by atoms with Gasteiger partial charge in [0.25, 0.3) is 0 Å². The SMILES string of the molecule is COC(=O)c1c(NC(=O)CCCC(=O)[O-])sc2c1CCC(c1ccccc1)C2. The summed E-state index contributed by atoms with van der Waals surface area (Å²) in [7, 11) is 1.33. The van der Waals surface area contributed by atoms with Gasteiger partial charge >= 0.3 is 5.97 Å². The Morgan fingerprint density at radius 2 is 1.96 bits per heavy atom. The third-order valence-corrected chi connectivity index (χ3v) is 6.13. The van der Waals surface area contributed by atoms with E-state index in [9.17, 15) is 19.5 Å². The van der Waals surface area contributed by atoms with Gasteiger partial charge in [-0.3, -0.25) is 4.79 Å². The number of hydrogen-bond acceptors (Lipinski definition) is 6. The molecule has 28 heavy (non-hydrogen) atoms. The molecular formula is C21H22NO5S-. The summed E-state index contributed by atoms with van der Waals surface area (Å²) >= 11 is 1.41. The fourth-order valence-corrected chi connectivity index (χ4v) is 4.92. The molecule has 148 valence electrons. The molecule has 0 spiro atoms. The summed E-state index contributed by atoms with van der Waals surface area (Å²) in [5, 5.41) is 13.8. The monoisotopic (exact) mass is 400 g/mol. The molecule has 3 rings (SSSR count). The highest BCUT2D eigenvalue weighted by atomic mass is 32.1. The normalized spacial score (nSPS) is 15.5. The van der Waals surface area contributed by atoms with Crippen LogP contribution in [0.15, 0.2) is 30.3 Å². The zero-order valence-corrected chi connectivity index (χ0v) is 16.5. The molecule has 0 saturated heterocycles. The molecule has 0 saturated carbocycles. The molecule has 1 aromatic carbocycles. The molecule has 6 nitrogen and oxygen atoms in total. The first kappa shape index (κ1) is 20.1. The Kier molecular flexibility index (Phi) is 6.46. The molecule has 1 amide bonds. The van der Waals surface area contributed by atoms with Gasteiger partial charge < -0.3 is 20.0 Å². The molecule has 1 aliphatic carbocycles. The van der Waals surface area contributed by atoms with Crippen LogP contribution in [0, 0.1) is 0 Å². The minimum absolute atomic E-state index is 0.0593. The quantitative estimate of drug-likeness (QED) is 0.721. The molecule has 0 fully saturated rings. The van der Waals surface area contributed by atoms with E-state index in [0.29, 0.717) is 16.5 Å². The molecular weight excluding hydrogens is 378 g/mol. The van der Waals surface area contributed by atoms with Gasteiger partial charge in [-0.05, 0) is 49.1 Å². The van der Waals surface area contributed by atoms with Crippen LogP contribution >= 0.6 is 11.3 Å². The van der Waals surface area contributed by atoms with Crippen LogP contribution in [0.3, 0.4) is 0 Å². The molecule has 1 aromatic heterocycles. The third kappa shape index (κ3) is 4.59. The Bertz CT molecular complexity index is 874. The van der Waals surface area contributed by atoms with Crippen molar-refractivity contribution in [3.05, 3.63) is 51.9 Å². The lowest BCUT2D eigenvalue weighted by atomic mass is 9.83. The van der Waals surface area contributed by atoms with E-state index in [1.807, 2.05) is 18.2 Å². The number of carboxylic acid groups (broad SMARTS) is 1. The maximum atomic E-state index is 12.4. The number of esters is 1. The van der Waals surface area contributed by atoms with Crippen molar-refractivity contribution in [2.45, 2.75) is 44.4 Å². The number of carbonyl (C=O) groups is 3. The standard InChI is InChI=1S/C21H23NO5S/c1-27-21(26)19-15-11-10-14(13-6-3-2-4-7-13)12-16(15)28-20(19)22-17(23)8-5-9-18(24)25/h2-4,6-7,14H,5,8-12H2,1H3,(H,22,23)(H,24,25)/p-1. The topological polar surface area (TPSA) is 95.5 Å². The largest absolute Gasteiger partial charge is 0.550 e. The Hall–Kier alpha value is -2.67. The number of aliphatic carboxylic acids is 1. The molecule has 7 heteroatoms. The average Bonchev–Trinajstić information content (AvgIpc) is 3.04. The van der Waals surface area contributed by atoms with E-state index in [-0.39, 0.29) is 25.2 Å². The molecule has 0 radical (unpaired) electrons. The second-order valence-electron chi connectivity index (χ2n) is 6.82. The van der Waals surface area contributed by atoms with E-state index in [2.05, 4.69) is 17.4 Å². The Morgan fingerprint density at radius 1 is 1.21 bits per heavy atom. The van der Waals surface area contributed by atoms with Crippen LogP contribution in [0.4, 0.5) is 5.00 Å². The number of benzene rings is 1. The number of thiophene rings is 1. The summed E-state index contributed by atoms with van der Waals surface area (Å²) < 4.78 is 4.94. The molecule has 1 heterocycles. The van der Waals surface area contributed by atoms with Gasteiger partial charge in [-0.15, -0.1) is 11.3 Å². The zero-order valence-electron chi connectivity index (χ0n) is 15.7.